The highest BCUT2D eigenvalue weighted by Gasteiger charge is 2.19. The van der Waals surface area contributed by atoms with Crippen molar-refractivity contribution >= 4 is 17.9 Å². The molecule has 0 rings (SSSR count). The number of hydrogen-bond acceptors (Lipinski definition) is 6. The molecule has 0 aromatic carbocycles. The summed E-state index contributed by atoms with van der Waals surface area (Å²) in [5.41, 5.74) is 0. The molecule has 0 spiro atoms. The molecule has 0 heterocycles. The summed E-state index contributed by atoms with van der Waals surface area (Å²) in [6, 6.07) is 0. The largest absolute Gasteiger partial charge is 0.462 e. The van der Waals surface area contributed by atoms with E-state index in [9.17, 15) is 14.4 Å². The highest BCUT2D eigenvalue weighted by molar-refractivity contribution is 5.71. The third kappa shape index (κ3) is 47.3. The molecule has 0 aromatic rings. The molecule has 0 bridgehead atoms. The molecule has 0 saturated heterocycles. The Morgan fingerprint density at radius 2 is 0.458 bits per heavy atom. The number of rotatable bonds is 49. The lowest BCUT2D eigenvalue weighted by atomic mass is 10.0. The second-order valence-electron chi connectivity index (χ2n) is 18.2. The number of ether oxygens (including phenoxy) is 3. The monoisotopic (exact) mass is 835 g/mol. The molecule has 0 radical (unpaired) electrons. The van der Waals surface area contributed by atoms with E-state index in [-0.39, 0.29) is 31.1 Å². The minimum absolute atomic E-state index is 0.0618. The number of unbranched alkanes of at least 4 members (excludes halogenated alkanes) is 38. The molecule has 0 amide bonds. The van der Waals surface area contributed by atoms with E-state index in [0.29, 0.717) is 19.3 Å². The van der Waals surface area contributed by atoms with Gasteiger partial charge >= 0.3 is 17.9 Å². The van der Waals surface area contributed by atoms with Gasteiger partial charge in [-0.05, 0) is 19.3 Å². The molecule has 6 nitrogen and oxygen atoms in total. The summed E-state index contributed by atoms with van der Waals surface area (Å²) in [6.45, 7) is 6.67. The van der Waals surface area contributed by atoms with Crippen molar-refractivity contribution in [3.05, 3.63) is 0 Å². The van der Waals surface area contributed by atoms with Crippen molar-refractivity contribution in [1.82, 2.24) is 0 Å². The van der Waals surface area contributed by atoms with Crippen LogP contribution in [0.2, 0.25) is 0 Å². The second-order valence-corrected chi connectivity index (χ2v) is 18.2. The van der Waals surface area contributed by atoms with E-state index in [4.69, 9.17) is 14.2 Å². The summed E-state index contributed by atoms with van der Waals surface area (Å²) in [6.07, 6.45) is 52.3. The lowest BCUT2D eigenvalue weighted by Gasteiger charge is -2.18. The zero-order valence-corrected chi connectivity index (χ0v) is 40.1. The summed E-state index contributed by atoms with van der Waals surface area (Å²) in [5, 5.41) is 0. The summed E-state index contributed by atoms with van der Waals surface area (Å²) in [7, 11) is 0. The van der Waals surface area contributed by atoms with Crippen molar-refractivity contribution in [1.29, 1.82) is 0 Å². The van der Waals surface area contributed by atoms with E-state index in [2.05, 4.69) is 20.8 Å². The first-order valence-electron chi connectivity index (χ1n) is 26.5. The van der Waals surface area contributed by atoms with Crippen LogP contribution in [0.4, 0.5) is 0 Å². The minimum atomic E-state index is -0.759. The molecular weight excluding hydrogens is 733 g/mol. The van der Waals surface area contributed by atoms with Crippen LogP contribution in [0.15, 0.2) is 0 Å². The SMILES string of the molecule is CCCCCCCCCCCCCCCCCCCCCC(=O)OC[C@@H](COC(=O)CCCCCCCCCCCC)OC(=O)CCCCCCCCCCCCCC. The maximum atomic E-state index is 12.8. The maximum Gasteiger partial charge on any atom is 0.306 e. The number of carbonyl (C=O) groups excluding carboxylic acids is 3. The average Bonchev–Trinajstić information content (AvgIpc) is 3.23. The summed E-state index contributed by atoms with van der Waals surface area (Å²) in [5.74, 6) is -0.842. The molecule has 0 aromatic heterocycles. The molecule has 0 fully saturated rings. The van der Waals surface area contributed by atoms with Gasteiger partial charge in [0.1, 0.15) is 13.2 Å². The van der Waals surface area contributed by atoms with Gasteiger partial charge in [-0.25, -0.2) is 0 Å². The van der Waals surface area contributed by atoms with Crippen LogP contribution in [0, 0.1) is 0 Å². The van der Waals surface area contributed by atoms with Crippen LogP contribution < -0.4 is 0 Å². The van der Waals surface area contributed by atoms with Gasteiger partial charge in [-0.1, -0.05) is 265 Å². The van der Waals surface area contributed by atoms with Gasteiger partial charge in [-0.2, -0.15) is 0 Å². The van der Waals surface area contributed by atoms with E-state index in [1.165, 1.54) is 205 Å². The fourth-order valence-electron chi connectivity index (χ4n) is 8.09. The number of carbonyl (C=O) groups is 3. The Hall–Kier alpha value is -1.59. The highest BCUT2D eigenvalue weighted by Crippen LogP contribution is 2.17. The molecule has 0 saturated carbocycles. The highest BCUT2D eigenvalue weighted by atomic mass is 16.6. The molecule has 0 aliphatic carbocycles. The van der Waals surface area contributed by atoms with Crippen LogP contribution in [0.25, 0.3) is 0 Å². The third-order valence-corrected chi connectivity index (χ3v) is 12.1. The Morgan fingerprint density at radius 1 is 0.271 bits per heavy atom. The molecule has 0 aliphatic heterocycles. The van der Waals surface area contributed by atoms with Gasteiger partial charge in [-0.15, -0.1) is 0 Å². The van der Waals surface area contributed by atoms with E-state index >= 15 is 0 Å². The molecule has 0 aliphatic rings. The molecule has 6 heteroatoms. The van der Waals surface area contributed by atoms with E-state index < -0.39 is 6.10 Å². The van der Waals surface area contributed by atoms with Crippen LogP contribution >= 0.6 is 0 Å². The second kappa shape index (κ2) is 49.1. The van der Waals surface area contributed by atoms with Gasteiger partial charge in [0.15, 0.2) is 6.10 Å². The third-order valence-electron chi connectivity index (χ3n) is 12.1. The standard InChI is InChI=1S/C53H102O6/c1-4-7-10-13-16-19-22-24-25-26-27-28-29-30-32-34-37-40-43-46-52(55)58-49-50(48-57-51(54)45-42-39-36-33-21-18-15-12-9-6-3)59-53(56)47-44-41-38-35-31-23-20-17-14-11-8-5-2/h50H,4-49H2,1-3H3/t50-/m1/s1. The van der Waals surface area contributed by atoms with Gasteiger partial charge in [-0.3, -0.25) is 14.4 Å². The predicted octanol–water partition coefficient (Wildman–Crippen LogP) is 17.2. The lowest BCUT2D eigenvalue weighted by molar-refractivity contribution is -0.167. The molecular formula is C53H102O6. The van der Waals surface area contributed by atoms with Gasteiger partial charge < -0.3 is 14.2 Å². The van der Waals surface area contributed by atoms with Crippen LogP contribution in [0.1, 0.15) is 303 Å². The van der Waals surface area contributed by atoms with Gasteiger partial charge in [0.25, 0.3) is 0 Å². The van der Waals surface area contributed by atoms with Crippen LogP contribution in [-0.4, -0.2) is 37.2 Å². The van der Waals surface area contributed by atoms with E-state index in [1.807, 2.05) is 0 Å². The number of hydrogen-bond donors (Lipinski definition) is 0. The zero-order valence-electron chi connectivity index (χ0n) is 40.1. The van der Waals surface area contributed by atoms with Crippen molar-refractivity contribution in [3.8, 4) is 0 Å². The van der Waals surface area contributed by atoms with Crippen LogP contribution in [0.5, 0.6) is 0 Å². The Kier molecular flexibility index (Phi) is 47.7. The zero-order chi connectivity index (χ0) is 43.0. The summed E-state index contributed by atoms with van der Waals surface area (Å²) < 4.78 is 16.8. The van der Waals surface area contributed by atoms with Crippen molar-refractivity contribution in [3.63, 3.8) is 0 Å². The van der Waals surface area contributed by atoms with E-state index in [1.54, 1.807) is 0 Å². The lowest BCUT2D eigenvalue weighted by Crippen LogP contribution is -2.30. The quantitative estimate of drug-likeness (QED) is 0.0345. The Morgan fingerprint density at radius 3 is 0.678 bits per heavy atom. The van der Waals surface area contributed by atoms with Crippen molar-refractivity contribution < 1.29 is 28.6 Å². The average molecular weight is 835 g/mol. The van der Waals surface area contributed by atoms with Crippen LogP contribution in [-0.2, 0) is 28.6 Å². The Bertz CT molecular complexity index is 874. The number of esters is 3. The topological polar surface area (TPSA) is 78.9 Å². The van der Waals surface area contributed by atoms with Crippen molar-refractivity contribution in [2.45, 2.75) is 309 Å². The fourth-order valence-corrected chi connectivity index (χ4v) is 8.09. The fraction of sp³-hybridized carbons (Fsp3) is 0.943. The molecule has 350 valence electrons. The van der Waals surface area contributed by atoms with Gasteiger partial charge in [0, 0.05) is 19.3 Å². The first kappa shape index (κ1) is 57.4. The Balaban J connectivity index is 4.21. The molecule has 0 unspecified atom stereocenters. The summed E-state index contributed by atoms with van der Waals surface area (Å²) >= 11 is 0. The molecule has 1 atom stereocenters. The van der Waals surface area contributed by atoms with Crippen LogP contribution in [0.3, 0.4) is 0 Å². The first-order valence-corrected chi connectivity index (χ1v) is 26.5. The minimum Gasteiger partial charge on any atom is -0.462 e. The summed E-state index contributed by atoms with van der Waals surface area (Å²) in [4.78, 5) is 37.9. The van der Waals surface area contributed by atoms with E-state index in [0.717, 1.165) is 57.8 Å². The van der Waals surface area contributed by atoms with Gasteiger partial charge in [0.05, 0.1) is 0 Å². The first-order chi connectivity index (χ1) is 29.0. The molecule has 0 N–H and O–H groups in total. The maximum absolute atomic E-state index is 12.8. The Labute approximate surface area is 368 Å². The van der Waals surface area contributed by atoms with Crippen molar-refractivity contribution in [2.75, 3.05) is 13.2 Å². The van der Waals surface area contributed by atoms with Gasteiger partial charge in [0.2, 0.25) is 0 Å². The predicted molar refractivity (Wildman–Crippen MR) is 252 cm³/mol. The molecule has 59 heavy (non-hydrogen) atoms. The normalized spacial score (nSPS) is 11.8. The van der Waals surface area contributed by atoms with Crippen molar-refractivity contribution in [2.24, 2.45) is 0 Å². The smallest absolute Gasteiger partial charge is 0.306 e.